The first kappa shape index (κ1) is 33.7. The van der Waals surface area contributed by atoms with Gasteiger partial charge in [-0.2, -0.15) is 0 Å². The van der Waals surface area contributed by atoms with Gasteiger partial charge in [0.15, 0.2) is 0 Å². The van der Waals surface area contributed by atoms with Crippen LogP contribution in [0.25, 0.3) is 0 Å². The maximum absolute atomic E-state index is 14.0. The summed E-state index contributed by atoms with van der Waals surface area (Å²) in [6, 6.07) is 6.31. The van der Waals surface area contributed by atoms with Gasteiger partial charge in [-0.05, 0) is 43.9 Å². The second-order valence-corrected chi connectivity index (χ2v) is 15.6. The second-order valence-electron chi connectivity index (χ2n) is 15.6. The van der Waals surface area contributed by atoms with Crippen LogP contribution in [0.5, 0.6) is 0 Å². The summed E-state index contributed by atoms with van der Waals surface area (Å²) in [5.74, 6) is -1.42. The van der Waals surface area contributed by atoms with Crippen molar-refractivity contribution < 1.29 is 47.9 Å². The molecule has 5 aliphatic carbocycles. The van der Waals surface area contributed by atoms with Gasteiger partial charge in [0.25, 0.3) is 0 Å². The molecule has 7 bridgehead atoms. The Labute approximate surface area is 287 Å². The molecule has 12 nitrogen and oxygen atoms in total. The zero-order valence-electron chi connectivity index (χ0n) is 29.4. The number of likely N-dealkylation sites (tertiary alicyclic amines) is 1. The Morgan fingerprint density at radius 3 is 2.37 bits per heavy atom. The highest BCUT2D eigenvalue weighted by atomic mass is 16.6. The van der Waals surface area contributed by atoms with E-state index in [1.54, 1.807) is 59.8 Å². The molecule has 7 fully saturated rings. The number of hydrogen-bond acceptors (Lipinski definition) is 11. The van der Waals surface area contributed by atoms with E-state index in [1.807, 2.05) is 0 Å². The maximum Gasteiger partial charge on any atom is 0.340 e. The highest BCUT2D eigenvalue weighted by molar-refractivity contribution is 6.21. The lowest BCUT2D eigenvalue weighted by atomic mass is 9.42. The summed E-state index contributed by atoms with van der Waals surface area (Å²) in [5.41, 5.74) is -3.21. The van der Waals surface area contributed by atoms with Crippen LogP contribution in [0, 0.1) is 34.5 Å². The number of benzene rings is 1. The van der Waals surface area contributed by atoms with E-state index >= 15 is 0 Å². The molecule has 1 N–H and O–H groups in total. The molecule has 0 radical (unpaired) electrons. The van der Waals surface area contributed by atoms with Crippen LogP contribution in [-0.4, -0.2) is 125 Å². The largest absolute Gasteiger partial charge is 0.461 e. The third kappa shape index (κ3) is 3.86. The van der Waals surface area contributed by atoms with Gasteiger partial charge >= 0.3 is 5.97 Å². The van der Waals surface area contributed by atoms with Crippen LogP contribution < -0.4 is 4.90 Å². The smallest absolute Gasteiger partial charge is 0.340 e. The summed E-state index contributed by atoms with van der Waals surface area (Å²) >= 11 is 0. The molecule has 13 atom stereocenters. The molecule has 2 heterocycles. The topological polar surface area (TPSA) is 133 Å². The number of piperidine rings is 1. The van der Waals surface area contributed by atoms with Gasteiger partial charge in [0.2, 0.25) is 11.8 Å². The molecule has 268 valence electrons. The molecule has 2 aliphatic heterocycles. The number of ether oxygens (including phenoxy) is 6. The van der Waals surface area contributed by atoms with Crippen LogP contribution >= 0.6 is 0 Å². The van der Waals surface area contributed by atoms with E-state index in [1.165, 1.54) is 0 Å². The lowest BCUT2D eigenvalue weighted by Gasteiger charge is -2.70. The number of carbonyl (C=O) groups excluding carboxylic acids is 3. The Morgan fingerprint density at radius 1 is 1.00 bits per heavy atom. The lowest BCUT2D eigenvalue weighted by Crippen LogP contribution is -2.82. The first-order chi connectivity index (χ1) is 23.6. The lowest BCUT2D eigenvalue weighted by molar-refractivity contribution is -0.326. The first-order valence-corrected chi connectivity index (χ1v) is 17.8. The molecule has 8 rings (SSSR count). The summed E-state index contributed by atoms with van der Waals surface area (Å²) in [6.45, 7) is 3.46. The van der Waals surface area contributed by atoms with Gasteiger partial charge in [-0.25, -0.2) is 9.69 Å². The fraction of sp³-hybridized carbons (Fsp3) is 0.757. The Kier molecular flexibility index (Phi) is 7.92. The number of hydrogen-bond donors (Lipinski definition) is 1. The standard InChI is InChI=1S/C37H50N2O10/c1-7-38-18-34(19-49-32(42)20-10-8-9-11-23(20)39-26(40)12-13-27(39)41)15-14-25(45-3)36-22-16-21-24(44-2)17-35(48-6,28(22)29(21)46-4)37(43,33(36)38)31(47-5)30(34)36/h8-11,21-22,24-25,28-31,33,43H,7,12-19H2,1-6H3. The fourth-order valence-corrected chi connectivity index (χ4v) is 13.3. The number of methoxy groups -OCH3 is 5. The third-order valence-electron chi connectivity index (χ3n) is 14.5. The molecule has 5 saturated carbocycles. The van der Waals surface area contributed by atoms with Gasteiger partial charge in [0.1, 0.15) is 11.2 Å². The number of para-hydroxylation sites is 1. The molecule has 1 aromatic rings. The number of nitrogens with zero attached hydrogens (tertiary/aromatic N) is 2. The van der Waals surface area contributed by atoms with Crippen molar-refractivity contribution in [1.82, 2.24) is 4.90 Å². The van der Waals surface area contributed by atoms with Crippen molar-refractivity contribution >= 4 is 23.5 Å². The van der Waals surface area contributed by atoms with Gasteiger partial charge in [-0.15, -0.1) is 0 Å². The number of esters is 1. The van der Waals surface area contributed by atoms with E-state index in [-0.39, 0.29) is 90.5 Å². The minimum Gasteiger partial charge on any atom is -0.461 e. The number of carbonyl (C=O) groups is 3. The average Bonchev–Trinajstić information content (AvgIpc) is 3.68. The Bertz CT molecular complexity index is 1520. The summed E-state index contributed by atoms with van der Waals surface area (Å²) < 4.78 is 38.6. The Morgan fingerprint density at radius 2 is 1.73 bits per heavy atom. The van der Waals surface area contributed by atoms with Crippen LogP contribution in [0.2, 0.25) is 0 Å². The molecular weight excluding hydrogens is 632 g/mol. The number of rotatable bonds is 10. The zero-order chi connectivity index (χ0) is 34.7. The summed E-state index contributed by atoms with van der Waals surface area (Å²) in [4.78, 5) is 42.9. The number of likely N-dealkylation sites (N-methyl/N-ethyl adjacent to an activating group) is 1. The van der Waals surface area contributed by atoms with Crippen molar-refractivity contribution in [3.8, 4) is 0 Å². The molecule has 49 heavy (non-hydrogen) atoms. The predicted octanol–water partition coefficient (Wildman–Crippen LogP) is 2.44. The van der Waals surface area contributed by atoms with Gasteiger partial charge in [0, 0.05) is 89.9 Å². The van der Waals surface area contributed by atoms with E-state index in [0.717, 1.165) is 17.7 Å². The molecule has 2 amide bonds. The minimum absolute atomic E-state index is 0.0561. The Balaban J connectivity index is 1.25. The number of aliphatic hydroxyl groups is 1. The number of imide groups is 1. The zero-order valence-corrected chi connectivity index (χ0v) is 29.4. The highest BCUT2D eigenvalue weighted by Gasteiger charge is 2.92. The van der Waals surface area contributed by atoms with E-state index in [9.17, 15) is 19.5 Å². The average molecular weight is 683 g/mol. The molecule has 2 saturated heterocycles. The number of anilines is 1. The summed E-state index contributed by atoms with van der Waals surface area (Å²) in [6.07, 6.45) is 1.84. The monoisotopic (exact) mass is 682 g/mol. The van der Waals surface area contributed by atoms with Crippen LogP contribution in [-0.2, 0) is 38.0 Å². The SMILES string of the molecule is CCN1CC2(COC(=O)c3ccccc3N3C(=O)CCC3=O)CCC(OC)C34C5CC6C(OC)CC(OC)(C5C6OC)C(O)(C(OC)C23)C14. The van der Waals surface area contributed by atoms with Crippen LogP contribution in [0.4, 0.5) is 5.69 Å². The molecule has 0 aromatic heterocycles. The van der Waals surface area contributed by atoms with E-state index in [4.69, 9.17) is 28.4 Å². The fourth-order valence-electron chi connectivity index (χ4n) is 13.3. The van der Waals surface area contributed by atoms with Crippen molar-refractivity contribution in [3.05, 3.63) is 29.8 Å². The van der Waals surface area contributed by atoms with Gasteiger partial charge in [0.05, 0.1) is 48.3 Å². The number of amides is 2. The predicted molar refractivity (Wildman–Crippen MR) is 175 cm³/mol. The van der Waals surface area contributed by atoms with Crippen molar-refractivity contribution in [3.63, 3.8) is 0 Å². The van der Waals surface area contributed by atoms with Crippen LogP contribution in [0.15, 0.2) is 24.3 Å². The van der Waals surface area contributed by atoms with Crippen LogP contribution in [0.3, 0.4) is 0 Å². The second kappa shape index (κ2) is 11.5. The molecule has 13 unspecified atom stereocenters. The van der Waals surface area contributed by atoms with Crippen molar-refractivity contribution in [2.75, 3.05) is 60.1 Å². The summed E-state index contributed by atoms with van der Waals surface area (Å²) in [7, 11) is 8.65. The van der Waals surface area contributed by atoms with Gasteiger partial charge in [-0.3, -0.25) is 14.5 Å². The van der Waals surface area contributed by atoms with E-state index < -0.39 is 34.1 Å². The first-order valence-electron chi connectivity index (χ1n) is 17.8. The van der Waals surface area contributed by atoms with Crippen molar-refractivity contribution in [2.24, 2.45) is 34.5 Å². The van der Waals surface area contributed by atoms with Crippen molar-refractivity contribution in [1.29, 1.82) is 0 Å². The van der Waals surface area contributed by atoms with Crippen LogP contribution in [0.1, 0.15) is 55.8 Å². The van der Waals surface area contributed by atoms with Gasteiger partial charge < -0.3 is 33.5 Å². The third-order valence-corrected chi connectivity index (χ3v) is 14.5. The van der Waals surface area contributed by atoms with Gasteiger partial charge in [-0.1, -0.05) is 19.1 Å². The molecule has 7 aliphatic rings. The number of fused-ring (bicyclic) bond motifs is 2. The highest BCUT2D eigenvalue weighted by Crippen LogP contribution is 2.81. The molecule has 1 aromatic carbocycles. The quantitative estimate of drug-likeness (QED) is 0.288. The van der Waals surface area contributed by atoms with Crippen molar-refractivity contribution in [2.45, 2.75) is 87.1 Å². The summed E-state index contributed by atoms with van der Waals surface area (Å²) in [5, 5.41) is 13.8. The molecule has 12 heteroatoms. The normalized spacial score (nSPS) is 46.4. The maximum atomic E-state index is 14.0. The minimum atomic E-state index is -1.46. The molecular formula is C37H50N2O10. The Hall–Kier alpha value is -2.45. The molecule has 1 spiro atoms. The van der Waals surface area contributed by atoms with E-state index in [2.05, 4.69) is 11.8 Å². The van der Waals surface area contributed by atoms with E-state index in [0.29, 0.717) is 25.9 Å².